The monoisotopic (exact) mass is 388 g/mol. The van der Waals surface area contributed by atoms with E-state index in [0.29, 0.717) is 25.6 Å². The van der Waals surface area contributed by atoms with Crippen molar-refractivity contribution in [1.29, 1.82) is 0 Å². The highest BCUT2D eigenvalue weighted by Gasteiger charge is 2.19. The third kappa shape index (κ3) is 5.23. The van der Waals surface area contributed by atoms with E-state index in [1.54, 1.807) is 11.3 Å². The van der Waals surface area contributed by atoms with Gasteiger partial charge in [0, 0.05) is 11.4 Å². The van der Waals surface area contributed by atoms with Crippen molar-refractivity contribution in [3.63, 3.8) is 0 Å². The van der Waals surface area contributed by atoms with Crippen LogP contribution < -0.4 is 14.8 Å². The van der Waals surface area contributed by atoms with Gasteiger partial charge in [0.25, 0.3) is 0 Å². The molecule has 1 atom stereocenters. The lowest BCUT2D eigenvalue weighted by Crippen LogP contribution is -2.38. The number of thiophene rings is 1. The first-order chi connectivity index (χ1) is 13.1. The Labute approximate surface area is 165 Å². The maximum absolute atomic E-state index is 12.9. The van der Waals surface area contributed by atoms with Gasteiger partial charge in [0.15, 0.2) is 11.5 Å². The Hall–Kier alpha value is -2.05. The van der Waals surface area contributed by atoms with Crippen molar-refractivity contribution < 1.29 is 14.3 Å². The first kappa shape index (κ1) is 19.7. The highest BCUT2D eigenvalue weighted by molar-refractivity contribution is 7.10. The molecule has 2 aromatic rings. The van der Waals surface area contributed by atoms with E-state index in [4.69, 9.17) is 9.47 Å². The molecule has 27 heavy (non-hydrogen) atoms. The number of hydrogen-bond donors (Lipinski definition) is 1. The molecule has 1 unspecified atom stereocenters. The molecule has 1 aliphatic rings. The second-order valence-corrected chi connectivity index (χ2v) is 8.11. The summed E-state index contributed by atoms with van der Waals surface area (Å²) < 4.78 is 10.9. The van der Waals surface area contributed by atoms with Gasteiger partial charge in [-0.25, -0.2) is 0 Å². The molecule has 0 fully saturated rings. The van der Waals surface area contributed by atoms with Crippen LogP contribution in [0.25, 0.3) is 0 Å². The van der Waals surface area contributed by atoms with Gasteiger partial charge < -0.3 is 19.7 Å². The lowest BCUT2D eigenvalue weighted by Gasteiger charge is -2.23. The highest BCUT2D eigenvalue weighted by Crippen LogP contribution is 2.33. The smallest absolute Gasteiger partial charge is 0.237 e. The molecule has 1 aliphatic heterocycles. The first-order valence-electron chi connectivity index (χ1n) is 9.46. The topological polar surface area (TPSA) is 50.8 Å². The van der Waals surface area contributed by atoms with E-state index in [2.05, 4.69) is 37.5 Å². The lowest BCUT2D eigenvalue weighted by atomic mass is 10.1. The molecule has 2 heterocycles. The number of nitrogens with one attached hydrogen (secondary N) is 1. The SMILES string of the molecule is CCC(C)CNCC(=O)N(Cc1ccc2c(c1)OCO2)Cc1sccc1C. The number of benzene rings is 1. The van der Waals surface area contributed by atoms with Gasteiger partial charge in [-0.3, -0.25) is 4.79 Å². The fourth-order valence-electron chi connectivity index (χ4n) is 2.91. The number of hydrogen-bond acceptors (Lipinski definition) is 5. The van der Waals surface area contributed by atoms with E-state index in [-0.39, 0.29) is 12.7 Å². The van der Waals surface area contributed by atoms with Crippen LogP contribution in [0.3, 0.4) is 0 Å². The second-order valence-electron chi connectivity index (χ2n) is 7.11. The van der Waals surface area contributed by atoms with Gasteiger partial charge in [0.2, 0.25) is 12.7 Å². The van der Waals surface area contributed by atoms with Gasteiger partial charge in [0.1, 0.15) is 0 Å². The van der Waals surface area contributed by atoms with Crippen LogP contribution in [0.4, 0.5) is 0 Å². The maximum atomic E-state index is 12.9. The number of fused-ring (bicyclic) bond motifs is 1. The molecule has 0 radical (unpaired) electrons. The molecule has 0 saturated carbocycles. The van der Waals surface area contributed by atoms with Crippen molar-refractivity contribution in [3.05, 3.63) is 45.6 Å². The second kappa shape index (κ2) is 9.24. The number of ether oxygens (including phenoxy) is 2. The summed E-state index contributed by atoms with van der Waals surface area (Å²) in [7, 11) is 0. The molecule has 1 N–H and O–H groups in total. The Morgan fingerprint density at radius 3 is 2.81 bits per heavy atom. The number of aryl methyl sites for hydroxylation is 1. The van der Waals surface area contributed by atoms with Crippen LogP contribution in [-0.4, -0.2) is 30.7 Å². The van der Waals surface area contributed by atoms with Crippen LogP contribution in [0.2, 0.25) is 0 Å². The summed E-state index contributed by atoms with van der Waals surface area (Å²) >= 11 is 1.70. The number of amides is 1. The molecule has 0 spiro atoms. The van der Waals surface area contributed by atoms with E-state index in [1.165, 1.54) is 10.4 Å². The number of nitrogens with zero attached hydrogens (tertiary/aromatic N) is 1. The number of carbonyl (C=O) groups is 1. The minimum Gasteiger partial charge on any atom is -0.454 e. The zero-order valence-electron chi connectivity index (χ0n) is 16.3. The van der Waals surface area contributed by atoms with Gasteiger partial charge >= 0.3 is 0 Å². The molecule has 0 bridgehead atoms. The first-order valence-corrected chi connectivity index (χ1v) is 10.3. The summed E-state index contributed by atoms with van der Waals surface area (Å²) in [4.78, 5) is 16.0. The molecule has 1 aromatic heterocycles. The van der Waals surface area contributed by atoms with Gasteiger partial charge in [-0.05, 0) is 54.1 Å². The summed E-state index contributed by atoms with van der Waals surface area (Å²) in [6.07, 6.45) is 1.11. The van der Waals surface area contributed by atoms with E-state index < -0.39 is 0 Å². The third-order valence-electron chi connectivity index (χ3n) is 4.93. The standard InChI is InChI=1S/C21H28N2O3S/c1-4-15(2)10-22-11-21(24)23(13-20-16(3)7-8-27-20)12-17-5-6-18-19(9-17)26-14-25-18/h5-9,15,22H,4,10-14H2,1-3H3. The molecule has 5 nitrogen and oxygen atoms in total. The Morgan fingerprint density at radius 2 is 2.07 bits per heavy atom. The zero-order chi connectivity index (χ0) is 19.2. The quantitative estimate of drug-likeness (QED) is 0.707. The summed E-state index contributed by atoms with van der Waals surface area (Å²) in [6, 6.07) is 7.99. The van der Waals surface area contributed by atoms with Crippen molar-refractivity contribution in [2.24, 2.45) is 5.92 Å². The molecule has 0 aliphatic carbocycles. The molecule has 3 rings (SSSR count). The van der Waals surface area contributed by atoms with Crippen LogP contribution in [-0.2, 0) is 17.9 Å². The molecular weight excluding hydrogens is 360 g/mol. The summed E-state index contributed by atoms with van der Waals surface area (Å²) in [5.74, 6) is 2.20. The third-order valence-corrected chi connectivity index (χ3v) is 5.94. The molecule has 6 heteroatoms. The average Bonchev–Trinajstić information content (AvgIpc) is 3.29. The molecule has 1 aromatic carbocycles. The molecule has 146 valence electrons. The fourth-order valence-corrected chi connectivity index (χ4v) is 3.83. The predicted molar refractivity (Wildman–Crippen MR) is 108 cm³/mol. The van der Waals surface area contributed by atoms with E-state index >= 15 is 0 Å². The van der Waals surface area contributed by atoms with E-state index in [9.17, 15) is 4.79 Å². The van der Waals surface area contributed by atoms with Crippen LogP contribution in [0.1, 0.15) is 36.3 Å². The van der Waals surface area contributed by atoms with Crippen molar-refractivity contribution >= 4 is 17.2 Å². The summed E-state index contributed by atoms with van der Waals surface area (Å²) in [6.45, 7) is 9.11. The maximum Gasteiger partial charge on any atom is 0.237 e. The molecule has 0 saturated heterocycles. The molecular formula is C21H28N2O3S. The Morgan fingerprint density at radius 1 is 1.26 bits per heavy atom. The summed E-state index contributed by atoms with van der Waals surface area (Å²) in [5.41, 5.74) is 2.28. The Balaban J connectivity index is 1.69. The van der Waals surface area contributed by atoms with Crippen LogP contribution >= 0.6 is 11.3 Å². The minimum absolute atomic E-state index is 0.115. The summed E-state index contributed by atoms with van der Waals surface area (Å²) in [5, 5.41) is 5.38. The van der Waals surface area contributed by atoms with Crippen LogP contribution in [0.5, 0.6) is 11.5 Å². The van der Waals surface area contributed by atoms with Gasteiger partial charge in [0.05, 0.1) is 13.1 Å². The van der Waals surface area contributed by atoms with Crippen molar-refractivity contribution in [2.75, 3.05) is 19.9 Å². The van der Waals surface area contributed by atoms with Crippen molar-refractivity contribution in [2.45, 2.75) is 40.3 Å². The Kier molecular flexibility index (Phi) is 6.74. The average molecular weight is 389 g/mol. The molecule has 1 amide bonds. The van der Waals surface area contributed by atoms with Crippen LogP contribution in [0, 0.1) is 12.8 Å². The van der Waals surface area contributed by atoms with E-state index in [1.807, 2.05) is 23.1 Å². The van der Waals surface area contributed by atoms with Crippen molar-refractivity contribution in [3.8, 4) is 11.5 Å². The van der Waals surface area contributed by atoms with Crippen LogP contribution in [0.15, 0.2) is 29.6 Å². The minimum atomic E-state index is 0.115. The Bertz CT molecular complexity index is 775. The number of rotatable bonds is 9. The lowest BCUT2D eigenvalue weighted by molar-refractivity contribution is -0.131. The largest absolute Gasteiger partial charge is 0.454 e. The highest BCUT2D eigenvalue weighted by atomic mass is 32.1. The fraction of sp³-hybridized carbons (Fsp3) is 0.476. The van der Waals surface area contributed by atoms with E-state index in [0.717, 1.165) is 30.0 Å². The van der Waals surface area contributed by atoms with Gasteiger partial charge in [-0.1, -0.05) is 26.3 Å². The number of carbonyl (C=O) groups excluding carboxylic acids is 1. The normalized spacial score (nSPS) is 13.6. The zero-order valence-corrected chi connectivity index (χ0v) is 17.1. The predicted octanol–water partition coefficient (Wildman–Crippen LogP) is 3.95. The van der Waals surface area contributed by atoms with Crippen molar-refractivity contribution in [1.82, 2.24) is 10.2 Å². The van der Waals surface area contributed by atoms with Gasteiger partial charge in [-0.2, -0.15) is 0 Å². The van der Waals surface area contributed by atoms with Gasteiger partial charge in [-0.15, -0.1) is 11.3 Å².